The first-order chi connectivity index (χ1) is 9.58. The summed E-state index contributed by atoms with van der Waals surface area (Å²) in [6, 6.07) is 7.95. The van der Waals surface area contributed by atoms with E-state index in [9.17, 15) is 0 Å². The zero-order valence-corrected chi connectivity index (χ0v) is 13.4. The molecule has 1 saturated heterocycles. The molecular weight excluding hydrogens is 268 g/mol. The van der Waals surface area contributed by atoms with Crippen molar-refractivity contribution >= 4 is 23.0 Å². The molecule has 1 aliphatic heterocycles. The minimum absolute atomic E-state index is 0.689. The lowest BCUT2D eigenvalue weighted by atomic mass is 9.92. The molecular formula is C16H24N2OS. The number of piperidine rings is 1. The van der Waals surface area contributed by atoms with Crippen LogP contribution in [0.2, 0.25) is 0 Å². The number of benzene rings is 1. The molecule has 1 aromatic carbocycles. The molecule has 0 spiro atoms. The third-order valence-corrected chi connectivity index (χ3v) is 3.93. The van der Waals surface area contributed by atoms with Crippen molar-refractivity contribution in [2.75, 3.05) is 25.0 Å². The molecule has 1 N–H and O–H groups in total. The average molecular weight is 292 g/mol. The molecule has 1 aliphatic rings. The van der Waals surface area contributed by atoms with Crippen LogP contribution >= 0.6 is 12.2 Å². The Morgan fingerprint density at radius 3 is 2.40 bits per heavy atom. The van der Waals surface area contributed by atoms with Crippen molar-refractivity contribution in [1.82, 2.24) is 4.90 Å². The maximum atomic E-state index is 5.53. The summed E-state index contributed by atoms with van der Waals surface area (Å²) in [6.07, 6.45) is 1.29. The molecule has 1 aromatic rings. The molecule has 20 heavy (non-hydrogen) atoms. The summed E-state index contributed by atoms with van der Waals surface area (Å²) >= 11 is 5.53. The van der Waals surface area contributed by atoms with Gasteiger partial charge in [-0.15, -0.1) is 0 Å². The van der Waals surface area contributed by atoms with Crippen molar-refractivity contribution in [2.45, 2.75) is 27.2 Å². The Bertz CT molecular complexity index is 436. The van der Waals surface area contributed by atoms with Crippen LogP contribution in [0.25, 0.3) is 0 Å². The number of hydrogen-bond acceptors (Lipinski definition) is 2. The predicted molar refractivity (Wildman–Crippen MR) is 88.3 cm³/mol. The van der Waals surface area contributed by atoms with Gasteiger partial charge in [0.05, 0.1) is 6.61 Å². The van der Waals surface area contributed by atoms with Gasteiger partial charge in [0.2, 0.25) is 0 Å². The summed E-state index contributed by atoms with van der Waals surface area (Å²) < 4.78 is 5.44. The van der Waals surface area contributed by atoms with Gasteiger partial charge in [0.15, 0.2) is 5.11 Å². The molecule has 0 radical (unpaired) electrons. The predicted octanol–water partition coefficient (Wildman–Crippen LogP) is 3.76. The number of rotatable bonds is 3. The van der Waals surface area contributed by atoms with Crippen molar-refractivity contribution in [3.8, 4) is 5.75 Å². The SMILES string of the molecule is CCOc1ccc(NC(=S)N2C[C@H](C)C[C@@H](C)C2)cc1. The van der Waals surface area contributed by atoms with Crippen molar-refractivity contribution < 1.29 is 4.74 Å². The molecule has 0 bridgehead atoms. The molecule has 110 valence electrons. The van der Waals surface area contributed by atoms with Gasteiger partial charge in [-0.05, 0) is 61.7 Å². The summed E-state index contributed by atoms with van der Waals surface area (Å²) in [5, 5.41) is 4.15. The minimum Gasteiger partial charge on any atom is -0.494 e. The van der Waals surface area contributed by atoms with Gasteiger partial charge in [-0.25, -0.2) is 0 Å². The molecule has 1 fully saturated rings. The summed E-state index contributed by atoms with van der Waals surface area (Å²) in [7, 11) is 0. The largest absolute Gasteiger partial charge is 0.494 e. The first-order valence-corrected chi connectivity index (χ1v) is 7.78. The summed E-state index contributed by atoms with van der Waals surface area (Å²) in [6.45, 7) is 9.36. The van der Waals surface area contributed by atoms with Crippen LogP contribution in [-0.4, -0.2) is 29.7 Å². The minimum atomic E-state index is 0.689. The number of hydrogen-bond donors (Lipinski definition) is 1. The molecule has 4 heteroatoms. The van der Waals surface area contributed by atoms with E-state index in [2.05, 4.69) is 24.1 Å². The molecule has 2 atom stereocenters. The lowest BCUT2D eigenvalue weighted by Crippen LogP contribution is -2.44. The number of nitrogens with zero attached hydrogens (tertiary/aromatic N) is 1. The van der Waals surface area contributed by atoms with Crippen LogP contribution in [0.1, 0.15) is 27.2 Å². The van der Waals surface area contributed by atoms with Crippen molar-refractivity contribution in [1.29, 1.82) is 0 Å². The fraction of sp³-hybridized carbons (Fsp3) is 0.562. The van der Waals surface area contributed by atoms with E-state index in [1.165, 1.54) is 6.42 Å². The van der Waals surface area contributed by atoms with Gasteiger partial charge in [-0.3, -0.25) is 0 Å². The van der Waals surface area contributed by atoms with E-state index in [0.717, 1.165) is 29.6 Å². The molecule has 1 heterocycles. The van der Waals surface area contributed by atoms with E-state index in [0.29, 0.717) is 18.4 Å². The lowest BCUT2D eigenvalue weighted by molar-refractivity contribution is 0.216. The van der Waals surface area contributed by atoms with Gasteiger partial charge in [0.1, 0.15) is 5.75 Å². The van der Waals surface area contributed by atoms with Gasteiger partial charge in [0.25, 0.3) is 0 Å². The standard InChI is InChI=1S/C16H24N2OS/c1-4-19-15-7-5-14(6-8-15)17-16(20)18-10-12(2)9-13(3)11-18/h5-8,12-13H,4,9-11H2,1-3H3,(H,17,20)/t12-,13-/m1/s1. The second-order valence-electron chi connectivity index (χ2n) is 5.74. The van der Waals surface area contributed by atoms with Crippen LogP contribution in [0.5, 0.6) is 5.75 Å². The Labute approximate surface area is 127 Å². The van der Waals surface area contributed by atoms with Crippen molar-refractivity contribution in [3.05, 3.63) is 24.3 Å². The van der Waals surface area contributed by atoms with E-state index in [1.54, 1.807) is 0 Å². The molecule has 0 saturated carbocycles. The zero-order chi connectivity index (χ0) is 14.5. The lowest BCUT2D eigenvalue weighted by Gasteiger charge is -2.36. The van der Waals surface area contributed by atoms with E-state index >= 15 is 0 Å². The number of thiocarbonyl (C=S) groups is 1. The fourth-order valence-corrected chi connectivity index (χ4v) is 3.10. The highest BCUT2D eigenvalue weighted by molar-refractivity contribution is 7.80. The van der Waals surface area contributed by atoms with Crippen molar-refractivity contribution in [3.63, 3.8) is 0 Å². The highest BCUT2D eigenvalue weighted by Crippen LogP contribution is 2.22. The number of likely N-dealkylation sites (tertiary alicyclic amines) is 1. The fourth-order valence-electron chi connectivity index (χ4n) is 2.83. The van der Waals surface area contributed by atoms with Gasteiger partial charge >= 0.3 is 0 Å². The highest BCUT2D eigenvalue weighted by Gasteiger charge is 2.23. The quantitative estimate of drug-likeness (QED) is 0.857. The second-order valence-corrected chi connectivity index (χ2v) is 6.13. The van der Waals surface area contributed by atoms with Crippen LogP contribution in [0.3, 0.4) is 0 Å². The Kier molecular flexibility index (Phi) is 5.24. The molecule has 0 aliphatic carbocycles. The molecule has 2 rings (SSSR count). The number of ether oxygens (including phenoxy) is 1. The van der Waals surface area contributed by atoms with Gasteiger partial charge < -0.3 is 15.0 Å². The molecule has 0 unspecified atom stereocenters. The maximum Gasteiger partial charge on any atom is 0.173 e. The Balaban J connectivity index is 1.93. The third kappa shape index (κ3) is 4.10. The average Bonchev–Trinajstić information content (AvgIpc) is 2.40. The molecule has 0 amide bonds. The molecule has 0 aromatic heterocycles. The van der Waals surface area contributed by atoms with Gasteiger partial charge in [0, 0.05) is 18.8 Å². The topological polar surface area (TPSA) is 24.5 Å². The number of anilines is 1. The summed E-state index contributed by atoms with van der Waals surface area (Å²) in [5.41, 5.74) is 1.02. The van der Waals surface area contributed by atoms with E-state index < -0.39 is 0 Å². The van der Waals surface area contributed by atoms with E-state index in [1.807, 2.05) is 31.2 Å². The van der Waals surface area contributed by atoms with Crippen LogP contribution in [0, 0.1) is 11.8 Å². The van der Waals surface area contributed by atoms with Crippen LogP contribution < -0.4 is 10.1 Å². The summed E-state index contributed by atoms with van der Waals surface area (Å²) in [4.78, 5) is 2.28. The van der Waals surface area contributed by atoms with Gasteiger partial charge in [-0.2, -0.15) is 0 Å². The van der Waals surface area contributed by atoms with Gasteiger partial charge in [-0.1, -0.05) is 13.8 Å². The smallest absolute Gasteiger partial charge is 0.173 e. The van der Waals surface area contributed by atoms with Crippen molar-refractivity contribution in [2.24, 2.45) is 11.8 Å². The maximum absolute atomic E-state index is 5.53. The van der Waals surface area contributed by atoms with E-state index in [-0.39, 0.29) is 0 Å². The first-order valence-electron chi connectivity index (χ1n) is 7.37. The van der Waals surface area contributed by atoms with Crippen LogP contribution in [-0.2, 0) is 0 Å². The Morgan fingerprint density at radius 1 is 1.25 bits per heavy atom. The monoisotopic (exact) mass is 292 g/mol. The van der Waals surface area contributed by atoms with Crippen LogP contribution in [0.15, 0.2) is 24.3 Å². The Hall–Kier alpha value is -1.29. The highest BCUT2D eigenvalue weighted by atomic mass is 32.1. The number of nitrogens with one attached hydrogen (secondary N) is 1. The summed E-state index contributed by atoms with van der Waals surface area (Å²) in [5.74, 6) is 2.31. The normalized spacial score (nSPS) is 22.4. The molecule has 3 nitrogen and oxygen atoms in total. The second kappa shape index (κ2) is 6.93. The first kappa shape index (κ1) is 15.1. The third-order valence-electron chi connectivity index (χ3n) is 3.57. The zero-order valence-electron chi connectivity index (χ0n) is 12.6. The van der Waals surface area contributed by atoms with Crippen LogP contribution in [0.4, 0.5) is 5.69 Å². The van der Waals surface area contributed by atoms with E-state index in [4.69, 9.17) is 17.0 Å². The Morgan fingerprint density at radius 2 is 1.85 bits per heavy atom.